The molecule has 0 amide bonds. The Bertz CT molecular complexity index is 211. The fourth-order valence-electron chi connectivity index (χ4n) is 3.29. The molecule has 18 heavy (non-hydrogen) atoms. The Balaban J connectivity index is 1.67. The van der Waals surface area contributed by atoms with Gasteiger partial charge < -0.3 is 14.8 Å². The summed E-state index contributed by atoms with van der Waals surface area (Å²) in [6.07, 6.45) is 9.47. The highest BCUT2D eigenvalue weighted by Gasteiger charge is 2.24. The van der Waals surface area contributed by atoms with Crippen molar-refractivity contribution in [1.82, 2.24) is 5.32 Å². The maximum Gasteiger partial charge on any atom is 0.0576 e. The lowest BCUT2D eigenvalue weighted by atomic mass is 9.89. The second-order valence-electron chi connectivity index (χ2n) is 5.71. The van der Waals surface area contributed by atoms with Crippen LogP contribution in [-0.2, 0) is 9.47 Å². The van der Waals surface area contributed by atoms with Gasteiger partial charge in [0.2, 0.25) is 0 Å². The van der Waals surface area contributed by atoms with Crippen LogP contribution in [0, 0.1) is 5.92 Å². The average molecular weight is 255 g/mol. The number of ether oxygens (including phenoxy) is 2. The zero-order valence-electron chi connectivity index (χ0n) is 11.8. The molecule has 0 saturated carbocycles. The van der Waals surface area contributed by atoms with Gasteiger partial charge in [0.15, 0.2) is 0 Å². The predicted molar refractivity (Wildman–Crippen MR) is 73.8 cm³/mol. The van der Waals surface area contributed by atoms with Crippen molar-refractivity contribution in [1.29, 1.82) is 0 Å². The van der Waals surface area contributed by atoms with Crippen molar-refractivity contribution in [2.75, 3.05) is 26.4 Å². The van der Waals surface area contributed by atoms with E-state index >= 15 is 0 Å². The molecule has 2 aliphatic heterocycles. The van der Waals surface area contributed by atoms with Crippen LogP contribution in [0.2, 0.25) is 0 Å². The molecule has 0 aromatic heterocycles. The van der Waals surface area contributed by atoms with Gasteiger partial charge in [0.05, 0.1) is 12.7 Å². The number of nitrogens with one attached hydrogen (secondary N) is 1. The quantitative estimate of drug-likeness (QED) is 0.759. The molecule has 2 heterocycles. The maximum absolute atomic E-state index is 5.70. The molecule has 1 N–H and O–H groups in total. The first-order chi connectivity index (χ1) is 8.90. The summed E-state index contributed by atoms with van der Waals surface area (Å²) in [5.41, 5.74) is 0. The van der Waals surface area contributed by atoms with Crippen LogP contribution in [0.1, 0.15) is 51.9 Å². The summed E-state index contributed by atoms with van der Waals surface area (Å²) in [4.78, 5) is 0. The third-order valence-corrected chi connectivity index (χ3v) is 4.30. The van der Waals surface area contributed by atoms with Crippen LogP contribution in [0.4, 0.5) is 0 Å². The Kier molecular flexibility index (Phi) is 6.46. The van der Waals surface area contributed by atoms with Gasteiger partial charge in [-0.1, -0.05) is 6.92 Å². The summed E-state index contributed by atoms with van der Waals surface area (Å²) in [6, 6.07) is 0.650. The van der Waals surface area contributed by atoms with Gasteiger partial charge in [-0.2, -0.15) is 0 Å². The topological polar surface area (TPSA) is 30.5 Å². The largest absolute Gasteiger partial charge is 0.381 e. The van der Waals surface area contributed by atoms with E-state index in [0.29, 0.717) is 12.1 Å². The summed E-state index contributed by atoms with van der Waals surface area (Å²) in [7, 11) is 0. The summed E-state index contributed by atoms with van der Waals surface area (Å²) < 4.78 is 11.3. The lowest BCUT2D eigenvalue weighted by molar-refractivity contribution is 0.0366. The zero-order valence-corrected chi connectivity index (χ0v) is 11.8. The molecule has 0 aliphatic carbocycles. The fraction of sp³-hybridized carbons (Fsp3) is 1.00. The SMILES string of the molecule is CCNC(CCCC1CCCO1)C1CCCOC1. The van der Waals surface area contributed by atoms with Gasteiger partial charge >= 0.3 is 0 Å². The van der Waals surface area contributed by atoms with Crippen LogP contribution in [0.25, 0.3) is 0 Å². The first-order valence-electron chi connectivity index (χ1n) is 7.83. The molecule has 0 aromatic rings. The lowest BCUT2D eigenvalue weighted by Crippen LogP contribution is -2.40. The highest BCUT2D eigenvalue weighted by Crippen LogP contribution is 2.23. The normalized spacial score (nSPS) is 30.5. The van der Waals surface area contributed by atoms with E-state index in [9.17, 15) is 0 Å². The molecular formula is C15H29NO2. The zero-order chi connectivity index (χ0) is 12.6. The van der Waals surface area contributed by atoms with Gasteiger partial charge in [-0.05, 0) is 57.4 Å². The Labute approximate surface area is 112 Å². The molecule has 2 saturated heterocycles. The van der Waals surface area contributed by atoms with Crippen molar-refractivity contribution in [2.24, 2.45) is 5.92 Å². The summed E-state index contributed by atoms with van der Waals surface area (Å²) in [5, 5.41) is 3.66. The van der Waals surface area contributed by atoms with Crippen LogP contribution < -0.4 is 5.32 Å². The third kappa shape index (κ3) is 4.52. The fourth-order valence-corrected chi connectivity index (χ4v) is 3.29. The monoisotopic (exact) mass is 255 g/mol. The molecule has 3 heteroatoms. The van der Waals surface area contributed by atoms with Crippen molar-refractivity contribution >= 4 is 0 Å². The second kappa shape index (κ2) is 8.13. The molecule has 2 aliphatic rings. The molecule has 2 rings (SSSR count). The first kappa shape index (κ1) is 14.3. The van der Waals surface area contributed by atoms with Crippen molar-refractivity contribution < 1.29 is 9.47 Å². The van der Waals surface area contributed by atoms with E-state index in [1.165, 1.54) is 44.9 Å². The minimum absolute atomic E-state index is 0.551. The minimum Gasteiger partial charge on any atom is -0.381 e. The highest BCUT2D eigenvalue weighted by atomic mass is 16.5. The van der Waals surface area contributed by atoms with Gasteiger partial charge in [0.25, 0.3) is 0 Å². The Morgan fingerprint density at radius 3 is 2.78 bits per heavy atom. The van der Waals surface area contributed by atoms with Crippen LogP contribution in [0.5, 0.6) is 0 Å². The molecule has 3 nitrogen and oxygen atoms in total. The first-order valence-corrected chi connectivity index (χ1v) is 7.83. The van der Waals surface area contributed by atoms with Crippen LogP contribution >= 0.6 is 0 Å². The highest BCUT2D eigenvalue weighted by molar-refractivity contribution is 4.79. The molecule has 3 unspecified atom stereocenters. The smallest absolute Gasteiger partial charge is 0.0576 e. The maximum atomic E-state index is 5.70. The molecular weight excluding hydrogens is 226 g/mol. The van der Waals surface area contributed by atoms with Gasteiger partial charge in [0.1, 0.15) is 0 Å². The standard InChI is InChI=1S/C15H29NO2/c1-2-16-15(13-6-4-10-17-12-13)9-3-7-14-8-5-11-18-14/h13-16H,2-12H2,1H3. The van der Waals surface area contributed by atoms with E-state index in [-0.39, 0.29) is 0 Å². The molecule has 106 valence electrons. The van der Waals surface area contributed by atoms with Crippen molar-refractivity contribution in [3.63, 3.8) is 0 Å². The van der Waals surface area contributed by atoms with Gasteiger partial charge in [-0.25, -0.2) is 0 Å². The van der Waals surface area contributed by atoms with Crippen LogP contribution in [-0.4, -0.2) is 38.5 Å². The van der Waals surface area contributed by atoms with Crippen LogP contribution in [0.15, 0.2) is 0 Å². The Morgan fingerprint density at radius 1 is 1.22 bits per heavy atom. The third-order valence-electron chi connectivity index (χ3n) is 4.30. The van der Waals surface area contributed by atoms with E-state index in [2.05, 4.69) is 12.2 Å². The summed E-state index contributed by atoms with van der Waals surface area (Å²) in [5.74, 6) is 0.725. The van der Waals surface area contributed by atoms with Gasteiger partial charge in [0, 0.05) is 19.3 Å². The van der Waals surface area contributed by atoms with Gasteiger partial charge in [-0.3, -0.25) is 0 Å². The van der Waals surface area contributed by atoms with Crippen molar-refractivity contribution in [2.45, 2.75) is 64.0 Å². The minimum atomic E-state index is 0.551. The Hall–Kier alpha value is -0.120. The molecule has 0 radical (unpaired) electrons. The van der Waals surface area contributed by atoms with Gasteiger partial charge in [-0.15, -0.1) is 0 Å². The van der Waals surface area contributed by atoms with Crippen molar-refractivity contribution in [3.8, 4) is 0 Å². The number of hydrogen-bond acceptors (Lipinski definition) is 3. The summed E-state index contributed by atoms with van der Waals surface area (Å²) in [6.45, 7) is 6.18. The van der Waals surface area contributed by atoms with E-state index in [0.717, 1.165) is 32.3 Å². The Morgan fingerprint density at radius 2 is 2.11 bits per heavy atom. The van der Waals surface area contributed by atoms with E-state index < -0.39 is 0 Å². The molecule has 3 atom stereocenters. The van der Waals surface area contributed by atoms with Crippen molar-refractivity contribution in [3.05, 3.63) is 0 Å². The predicted octanol–water partition coefficient (Wildman–Crippen LogP) is 2.74. The average Bonchev–Trinajstić information content (AvgIpc) is 2.92. The second-order valence-corrected chi connectivity index (χ2v) is 5.71. The van der Waals surface area contributed by atoms with Crippen LogP contribution in [0.3, 0.4) is 0 Å². The van der Waals surface area contributed by atoms with E-state index in [4.69, 9.17) is 9.47 Å². The summed E-state index contributed by atoms with van der Waals surface area (Å²) >= 11 is 0. The van der Waals surface area contributed by atoms with E-state index in [1.54, 1.807) is 0 Å². The lowest BCUT2D eigenvalue weighted by Gasteiger charge is -2.31. The molecule has 0 bridgehead atoms. The molecule has 0 spiro atoms. The molecule has 0 aromatic carbocycles. The number of rotatable bonds is 7. The number of hydrogen-bond donors (Lipinski definition) is 1. The molecule has 2 fully saturated rings. The van der Waals surface area contributed by atoms with E-state index in [1.807, 2.05) is 0 Å².